The van der Waals surface area contributed by atoms with Gasteiger partial charge in [0.1, 0.15) is 0 Å². The highest BCUT2D eigenvalue weighted by atomic mass is 19.4. The summed E-state index contributed by atoms with van der Waals surface area (Å²) >= 11 is 0. The van der Waals surface area contributed by atoms with Gasteiger partial charge in [-0.15, -0.1) is 0 Å². The summed E-state index contributed by atoms with van der Waals surface area (Å²) in [6.07, 6.45) is -9.00. The molecule has 0 bridgehead atoms. The van der Waals surface area contributed by atoms with Gasteiger partial charge in [-0.1, -0.05) is 24.6 Å². The quantitative estimate of drug-likeness (QED) is 0.388. The van der Waals surface area contributed by atoms with E-state index in [2.05, 4.69) is 0 Å². The first-order valence-corrected chi connectivity index (χ1v) is 11.7. The Morgan fingerprint density at radius 3 is 2.05 bits per heavy atom. The van der Waals surface area contributed by atoms with Gasteiger partial charge in [0.15, 0.2) is 0 Å². The molecule has 1 amide bonds. The van der Waals surface area contributed by atoms with Gasteiger partial charge >= 0.3 is 24.6 Å². The van der Waals surface area contributed by atoms with Crippen LogP contribution in [0.4, 0.5) is 36.8 Å². The van der Waals surface area contributed by atoms with E-state index in [1.807, 2.05) is 26.0 Å². The number of benzene rings is 2. The van der Waals surface area contributed by atoms with E-state index >= 15 is 0 Å². The number of rotatable bonds is 5. The van der Waals surface area contributed by atoms with Crippen molar-refractivity contribution in [3.63, 3.8) is 0 Å². The molecule has 3 rings (SSSR count). The van der Waals surface area contributed by atoms with Crippen molar-refractivity contribution < 1.29 is 45.5 Å². The highest BCUT2D eigenvalue weighted by molar-refractivity contribution is 5.90. The zero-order chi connectivity index (χ0) is 28.8. The normalized spacial score (nSPS) is 17.3. The second-order valence-electron chi connectivity index (χ2n) is 8.86. The largest absolute Gasteiger partial charge is 0.449 e. The first-order chi connectivity index (χ1) is 17.7. The van der Waals surface area contributed by atoms with Gasteiger partial charge in [0, 0.05) is 18.6 Å². The van der Waals surface area contributed by atoms with E-state index < -0.39 is 29.6 Å². The molecule has 0 unspecified atom stereocenters. The Hall–Kier alpha value is -3.37. The summed E-state index contributed by atoms with van der Waals surface area (Å²) in [5.74, 6) is 0. The Labute approximate surface area is 216 Å². The SMILES string of the molecule is CCOC(=O)N1c2ccc(C)cc2[C@@H](N(C)Cc2cc(C(F)(F)F)cc(C(F)(F)F)c2)C[C@H]1CC.O=C=O. The summed E-state index contributed by atoms with van der Waals surface area (Å²) in [4.78, 5) is 32.3. The molecule has 1 heterocycles. The standard InChI is InChI=1S/C25H28F6N2O2.CO2/c1-5-19-13-22(20-9-15(3)7-8-21(20)33(19)23(34)35-6-2)32(4)14-16-10-17(24(26,27)28)12-18(11-16)25(29,30)31;2-1-3/h7-12,19,22H,5-6,13-14H2,1-4H3;/t19-,22+;/m1./s1. The molecule has 0 radical (unpaired) electrons. The summed E-state index contributed by atoms with van der Waals surface area (Å²) < 4.78 is 85.2. The average Bonchev–Trinajstić information content (AvgIpc) is 2.82. The highest BCUT2D eigenvalue weighted by Crippen LogP contribution is 2.43. The molecule has 0 spiro atoms. The Morgan fingerprint density at radius 1 is 1.03 bits per heavy atom. The Balaban J connectivity index is 0.00000161. The molecular formula is C26H28F6N2O4. The summed E-state index contributed by atoms with van der Waals surface area (Å²) in [7, 11) is 1.66. The van der Waals surface area contributed by atoms with Crippen LogP contribution >= 0.6 is 0 Å². The maximum absolute atomic E-state index is 13.3. The lowest BCUT2D eigenvalue weighted by molar-refractivity contribution is -0.191. The molecule has 2 aromatic rings. The third-order valence-corrected chi connectivity index (χ3v) is 6.21. The Morgan fingerprint density at radius 2 is 1.58 bits per heavy atom. The molecule has 0 N–H and O–H groups in total. The molecule has 12 heteroatoms. The average molecular weight is 547 g/mol. The monoisotopic (exact) mass is 546 g/mol. The fourth-order valence-electron chi connectivity index (χ4n) is 4.56. The van der Waals surface area contributed by atoms with E-state index in [0.29, 0.717) is 18.5 Å². The number of carbonyl (C=O) groups is 1. The molecule has 1 aliphatic heterocycles. The molecular weight excluding hydrogens is 518 g/mol. The lowest BCUT2D eigenvalue weighted by Crippen LogP contribution is -2.47. The minimum absolute atomic E-state index is 0.0928. The van der Waals surface area contributed by atoms with Crippen LogP contribution in [0.5, 0.6) is 0 Å². The van der Waals surface area contributed by atoms with Crippen LogP contribution in [0.1, 0.15) is 60.5 Å². The van der Waals surface area contributed by atoms with Gasteiger partial charge in [0.05, 0.1) is 23.4 Å². The van der Waals surface area contributed by atoms with E-state index in [1.54, 1.807) is 29.8 Å². The molecule has 6 nitrogen and oxygen atoms in total. The van der Waals surface area contributed by atoms with Crippen molar-refractivity contribution >= 4 is 17.9 Å². The van der Waals surface area contributed by atoms with E-state index in [-0.39, 0.29) is 43.0 Å². The molecule has 2 aromatic carbocycles. The van der Waals surface area contributed by atoms with Gasteiger partial charge in [-0.25, -0.2) is 4.79 Å². The molecule has 208 valence electrons. The van der Waals surface area contributed by atoms with E-state index in [1.165, 1.54) is 0 Å². The smallest absolute Gasteiger partial charge is 0.416 e. The van der Waals surface area contributed by atoms with Gasteiger partial charge in [-0.05, 0) is 69.1 Å². The van der Waals surface area contributed by atoms with Gasteiger partial charge in [-0.3, -0.25) is 9.80 Å². The Bertz CT molecular complexity index is 1130. The maximum Gasteiger partial charge on any atom is 0.416 e. The third kappa shape index (κ3) is 7.35. The third-order valence-electron chi connectivity index (χ3n) is 6.21. The summed E-state index contributed by atoms with van der Waals surface area (Å²) in [5, 5.41) is 0. The summed E-state index contributed by atoms with van der Waals surface area (Å²) in [6, 6.07) is 6.61. The van der Waals surface area contributed by atoms with Gasteiger partial charge in [-0.2, -0.15) is 35.9 Å². The minimum Gasteiger partial charge on any atom is -0.449 e. The van der Waals surface area contributed by atoms with Crippen molar-refractivity contribution in [1.29, 1.82) is 0 Å². The van der Waals surface area contributed by atoms with Gasteiger partial charge in [0.25, 0.3) is 0 Å². The van der Waals surface area contributed by atoms with Crippen LogP contribution in [0, 0.1) is 6.92 Å². The molecule has 2 atom stereocenters. The van der Waals surface area contributed by atoms with E-state index in [9.17, 15) is 31.1 Å². The van der Waals surface area contributed by atoms with Crippen LogP contribution in [0.15, 0.2) is 36.4 Å². The molecule has 0 saturated carbocycles. The molecule has 1 aliphatic rings. The molecule has 38 heavy (non-hydrogen) atoms. The fourth-order valence-corrected chi connectivity index (χ4v) is 4.56. The van der Waals surface area contributed by atoms with Crippen LogP contribution < -0.4 is 4.90 Å². The highest BCUT2D eigenvalue weighted by Gasteiger charge is 2.39. The second-order valence-corrected chi connectivity index (χ2v) is 8.86. The number of hydrogen-bond donors (Lipinski definition) is 0. The second kappa shape index (κ2) is 12.4. The summed E-state index contributed by atoms with van der Waals surface area (Å²) in [5.41, 5.74) is -0.451. The number of aryl methyl sites for hydroxylation is 1. The van der Waals surface area contributed by atoms with Crippen molar-refractivity contribution in [1.82, 2.24) is 4.90 Å². The molecule has 0 saturated heterocycles. The predicted molar refractivity (Wildman–Crippen MR) is 125 cm³/mol. The maximum atomic E-state index is 13.3. The number of anilines is 1. The lowest BCUT2D eigenvalue weighted by Gasteiger charge is -2.43. The van der Waals surface area contributed by atoms with Crippen LogP contribution in [0.2, 0.25) is 0 Å². The first-order valence-electron chi connectivity index (χ1n) is 11.7. The van der Waals surface area contributed by atoms with E-state index in [4.69, 9.17) is 14.3 Å². The van der Waals surface area contributed by atoms with Crippen LogP contribution in [-0.2, 0) is 33.2 Å². The number of nitrogens with zero attached hydrogens (tertiary/aromatic N) is 2. The summed E-state index contributed by atoms with van der Waals surface area (Å²) in [6.45, 7) is 5.56. The number of alkyl halides is 6. The van der Waals surface area contributed by atoms with Gasteiger partial charge < -0.3 is 4.74 Å². The number of ether oxygens (including phenoxy) is 1. The number of fused-ring (bicyclic) bond motifs is 1. The van der Waals surface area contributed by atoms with Crippen LogP contribution in [-0.4, -0.2) is 36.8 Å². The fraction of sp³-hybridized carbons (Fsp3) is 0.462. The van der Waals surface area contributed by atoms with Crippen molar-refractivity contribution in [3.05, 3.63) is 64.2 Å². The van der Waals surface area contributed by atoms with Crippen molar-refractivity contribution in [2.45, 2.75) is 64.6 Å². The number of halogens is 6. The lowest BCUT2D eigenvalue weighted by atomic mass is 9.88. The van der Waals surface area contributed by atoms with Gasteiger partial charge in [0.2, 0.25) is 0 Å². The number of amides is 1. The molecule has 0 fully saturated rings. The minimum atomic E-state index is -4.91. The van der Waals surface area contributed by atoms with Crippen LogP contribution in [0.3, 0.4) is 0 Å². The molecule has 0 aliphatic carbocycles. The number of carbonyl (C=O) groups excluding carboxylic acids is 3. The predicted octanol–water partition coefficient (Wildman–Crippen LogP) is 6.77. The topological polar surface area (TPSA) is 66.9 Å². The van der Waals surface area contributed by atoms with Crippen LogP contribution in [0.25, 0.3) is 0 Å². The van der Waals surface area contributed by atoms with E-state index in [0.717, 1.165) is 23.3 Å². The first kappa shape index (κ1) is 30.9. The van der Waals surface area contributed by atoms with Crippen molar-refractivity contribution in [2.24, 2.45) is 0 Å². The molecule has 0 aromatic heterocycles. The van der Waals surface area contributed by atoms with Crippen molar-refractivity contribution in [3.8, 4) is 0 Å². The number of hydrogen-bond acceptors (Lipinski definition) is 5. The zero-order valence-electron chi connectivity index (χ0n) is 21.2. The zero-order valence-corrected chi connectivity index (χ0v) is 21.2. The Kier molecular flexibility index (Phi) is 10.1. The van der Waals surface area contributed by atoms with Crippen molar-refractivity contribution in [2.75, 3.05) is 18.6 Å².